The minimum Gasteiger partial charge on any atom is -0.466 e. The molecule has 0 fully saturated rings. The first-order valence-electron chi connectivity index (χ1n) is 4.67. The molecule has 1 atom stereocenters. The summed E-state index contributed by atoms with van der Waals surface area (Å²) in [5.74, 6) is 5.59. The van der Waals surface area contributed by atoms with Crippen LogP contribution in [0.4, 0.5) is 0 Å². The van der Waals surface area contributed by atoms with Crippen LogP contribution in [-0.4, -0.2) is 12.6 Å². The Labute approximate surface area is 80.7 Å². The molecule has 0 heterocycles. The predicted molar refractivity (Wildman–Crippen MR) is 53.1 cm³/mol. The summed E-state index contributed by atoms with van der Waals surface area (Å²) in [6.07, 6.45) is 1.35. The van der Waals surface area contributed by atoms with Crippen LogP contribution in [-0.2, 0) is 9.53 Å². The average molecular weight is 182 g/mol. The summed E-state index contributed by atoms with van der Waals surface area (Å²) < 4.78 is 4.99. The SMILES string of the molecule is CC#CCC(C)(CC)C(=O)OCC. The van der Waals surface area contributed by atoms with Crippen LogP contribution in [0.5, 0.6) is 0 Å². The molecule has 0 N–H and O–H groups in total. The van der Waals surface area contributed by atoms with Crippen molar-refractivity contribution in [3.05, 3.63) is 0 Å². The van der Waals surface area contributed by atoms with Crippen LogP contribution in [0.2, 0.25) is 0 Å². The quantitative estimate of drug-likeness (QED) is 0.493. The van der Waals surface area contributed by atoms with Gasteiger partial charge >= 0.3 is 5.97 Å². The molecule has 2 heteroatoms. The fourth-order valence-electron chi connectivity index (χ4n) is 0.930. The van der Waals surface area contributed by atoms with Gasteiger partial charge in [-0.1, -0.05) is 6.92 Å². The minimum absolute atomic E-state index is 0.139. The molecule has 0 rings (SSSR count). The highest BCUT2D eigenvalue weighted by atomic mass is 16.5. The molecule has 0 radical (unpaired) electrons. The Morgan fingerprint density at radius 1 is 1.46 bits per heavy atom. The maximum atomic E-state index is 11.5. The van der Waals surface area contributed by atoms with Gasteiger partial charge in [-0.3, -0.25) is 4.79 Å². The lowest BCUT2D eigenvalue weighted by atomic mass is 9.84. The van der Waals surface area contributed by atoms with Crippen LogP contribution in [0.3, 0.4) is 0 Å². The molecular formula is C11H18O2. The van der Waals surface area contributed by atoms with Crippen molar-refractivity contribution in [1.82, 2.24) is 0 Å². The number of hydrogen-bond acceptors (Lipinski definition) is 2. The number of rotatable bonds is 4. The van der Waals surface area contributed by atoms with Crippen LogP contribution in [0.25, 0.3) is 0 Å². The fourth-order valence-corrected chi connectivity index (χ4v) is 0.930. The molecule has 0 aliphatic heterocycles. The van der Waals surface area contributed by atoms with E-state index >= 15 is 0 Å². The molecule has 0 aromatic carbocycles. The van der Waals surface area contributed by atoms with E-state index in [9.17, 15) is 4.79 Å². The molecule has 0 aromatic rings. The first-order valence-corrected chi connectivity index (χ1v) is 4.67. The van der Waals surface area contributed by atoms with Crippen LogP contribution < -0.4 is 0 Å². The van der Waals surface area contributed by atoms with E-state index in [-0.39, 0.29) is 5.97 Å². The van der Waals surface area contributed by atoms with Crippen molar-refractivity contribution in [2.75, 3.05) is 6.61 Å². The highest BCUT2D eigenvalue weighted by molar-refractivity contribution is 5.76. The number of carbonyl (C=O) groups excluding carboxylic acids is 1. The van der Waals surface area contributed by atoms with Gasteiger partial charge in [0.15, 0.2) is 0 Å². The van der Waals surface area contributed by atoms with Crippen LogP contribution in [0.15, 0.2) is 0 Å². The van der Waals surface area contributed by atoms with Gasteiger partial charge in [0.25, 0.3) is 0 Å². The normalized spacial score (nSPS) is 13.8. The van der Waals surface area contributed by atoms with Gasteiger partial charge in [0.1, 0.15) is 0 Å². The van der Waals surface area contributed by atoms with E-state index in [1.54, 1.807) is 6.92 Å². The second-order valence-electron chi connectivity index (χ2n) is 3.24. The van der Waals surface area contributed by atoms with E-state index in [0.29, 0.717) is 13.0 Å². The summed E-state index contributed by atoms with van der Waals surface area (Å²) in [5.41, 5.74) is -0.432. The fraction of sp³-hybridized carbons (Fsp3) is 0.727. The molecule has 1 unspecified atom stereocenters. The third kappa shape index (κ3) is 3.50. The third-order valence-electron chi connectivity index (χ3n) is 2.20. The molecule has 74 valence electrons. The van der Waals surface area contributed by atoms with E-state index in [1.165, 1.54) is 0 Å². The van der Waals surface area contributed by atoms with Gasteiger partial charge in [-0.15, -0.1) is 11.8 Å². The summed E-state index contributed by atoms with van der Waals surface area (Å²) >= 11 is 0. The molecule has 13 heavy (non-hydrogen) atoms. The summed E-state index contributed by atoms with van der Waals surface area (Å²) in [6, 6.07) is 0. The largest absolute Gasteiger partial charge is 0.466 e. The molecule has 0 aliphatic rings. The number of esters is 1. The summed E-state index contributed by atoms with van der Waals surface area (Å²) in [5, 5.41) is 0. The van der Waals surface area contributed by atoms with Gasteiger partial charge in [0.05, 0.1) is 12.0 Å². The summed E-state index contributed by atoms with van der Waals surface area (Å²) in [4.78, 5) is 11.5. The van der Waals surface area contributed by atoms with Crippen molar-refractivity contribution in [3.63, 3.8) is 0 Å². The molecular weight excluding hydrogens is 164 g/mol. The topological polar surface area (TPSA) is 26.3 Å². The molecule has 0 amide bonds. The van der Waals surface area contributed by atoms with Crippen molar-refractivity contribution >= 4 is 5.97 Å². The van der Waals surface area contributed by atoms with E-state index in [4.69, 9.17) is 4.74 Å². The monoisotopic (exact) mass is 182 g/mol. The second-order valence-corrected chi connectivity index (χ2v) is 3.24. The zero-order valence-electron chi connectivity index (χ0n) is 8.94. The van der Waals surface area contributed by atoms with Gasteiger partial charge in [-0.05, 0) is 27.2 Å². The lowest BCUT2D eigenvalue weighted by Crippen LogP contribution is -2.28. The highest BCUT2D eigenvalue weighted by Gasteiger charge is 2.31. The maximum absolute atomic E-state index is 11.5. The van der Waals surface area contributed by atoms with Crippen molar-refractivity contribution in [1.29, 1.82) is 0 Å². The van der Waals surface area contributed by atoms with Crippen LogP contribution in [0, 0.1) is 17.3 Å². The van der Waals surface area contributed by atoms with Crippen LogP contribution >= 0.6 is 0 Å². The Hall–Kier alpha value is -0.970. The van der Waals surface area contributed by atoms with Crippen molar-refractivity contribution in [2.24, 2.45) is 5.41 Å². The molecule has 0 spiro atoms. The minimum atomic E-state index is -0.432. The predicted octanol–water partition coefficient (Wildman–Crippen LogP) is 2.38. The van der Waals surface area contributed by atoms with Gasteiger partial charge in [-0.25, -0.2) is 0 Å². The molecule has 0 saturated carbocycles. The van der Waals surface area contributed by atoms with Crippen molar-refractivity contribution < 1.29 is 9.53 Å². The van der Waals surface area contributed by atoms with Gasteiger partial charge < -0.3 is 4.74 Å². The van der Waals surface area contributed by atoms with E-state index < -0.39 is 5.41 Å². The van der Waals surface area contributed by atoms with Crippen molar-refractivity contribution in [3.8, 4) is 11.8 Å². The number of carbonyl (C=O) groups is 1. The van der Waals surface area contributed by atoms with Gasteiger partial charge in [0.2, 0.25) is 0 Å². The zero-order valence-corrected chi connectivity index (χ0v) is 8.94. The molecule has 0 saturated heterocycles. The smallest absolute Gasteiger partial charge is 0.312 e. The average Bonchev–Trinajstić information content (AvgIpc) is 2.14. The Balaban J connectivity index is 4.39. The van der Waals surface area contributed by atoms with Gasteiger partial charge in [-0.2, -0.15) is 0 Å². The Morgan fingerprint density at radius 3 is 2.46 bits per heavy atom. The zero-order chi connectivity index (χ0) is 10.3. The summed E-state index contributed by atoms with van der Waals surface area (Å²) in [7, 11) is 0. The standard InChI is InChI=1S/C11H18O2/c1-5-8-9-11(4,6-2)10(12)13-7-3/h6-7,9H2,1-4H3. The number of hydrogen-bond donors (Lipinski definition) is 0. The third-order valence-corrected chi connectivity index (χ3v) is 2.20. The molecule has 0 aliphatic carbocycles. The van der Waals surface area contributed by atoms with Crippen LogP contribution in [0.1, 0.15) is 40.5 Å². The first kappa shape index (κ1) is 12.0. The maximum Gasteiger partial charge on any atom is 0.312 e. The van der Waals surface area contributed by atoms with E-state index in [2.05, 4.69) is 11.8 Å². The molecule has 2 nitrogen and oxygen atoms in total. The van der Waals surface area contributed by atoms with E-state index in [1.807, 2.05) is 20.8 Å². The van der Waals surface area contributed by atoms with E-state index in [0.717, 1.165) is 6.42 Å². The summed E-state index contributed by atoms with van der Waals surface area (Å²) in [6.45, 7) is 7.91. The van der Waals surface area contributed by atoms with Gasteiger partial charge in [0, 0.05) is 6.42 Å². The first-order chi connectivity index (χ1) is 6.10. The lowest BCUT2D eigenvalue weighted by molar-refractivity contribution is -0.154. The Morgan fingerprint density at radius 2 is 2.08 bits per heavy atom. The molecule has 0 aromatic heterocycles. The molecule has 0 bridgehead atoms. The van der Waals surface area contributed by atoms with Crippen molar-refractivity contribution in [2.45, 2.75) is 40.5 Å². The second kappa shape index (κ2) is 5.64. The lowest BCUT2D eigenvalue weighted by Gasteiger charge is -2.22. The Bertz CT molecular complexity index is 222. The highest BCUT2D eigenvalue weighted by Crippen LogP contribution is 2.26. The number of ether oxygens (including phenoxy) is 1. The Kier molecular flexibility index (Phi) is 5.22.